The molecule has 136 valence electrons. The summed E-state index contributed by atoms with van der Waals surface area (Å²) in [6, 6.07) is 11.0. The third-order valence-corrected chi connectivity index (χ3v) is 5.44. The minimum absolute atomic E-state index is 0.0547. The molecule has 0 saturated heterocycles. The van der Waals surface area contributed by atoms with Crippen molar-refractivity contribution in [1.82, 2.24) is 16.0 Å². The summed E-state index contributed by atoms with van der Waals surface area (Å²) in [5.74, 6) is 0.750. The zero-order valence-electron chi connectivity index (χ0n) is 15.2. The van der Waals surface area contributed by atoms with Crippen molar-refractivity contribution in [3.63, 3.8) is 0 Å². The number of nitrogens with one attached hydrogen (secondary N) is 3. The normalized spacial score (nSPS) is 20.0. The fourth-order valence-electron chi connectivity index (χ4n) is 3.67. The maximum Gasteiger partial charge on any atom is 0.239 e. The molecular weight excluding hydrogens is 312 g/mol. The molecule has 2 aliphatic rings. The first-order chi connectivity index (χ1) is 12.2. The molecule has 0 radical (unpaired) electrons. The van der Waals surface area contributed by atoms with E-state index in [2.05, 4.69) is 51.3 Å². The third kappa shape index (κ3) is 4.97. The lowest BCUT2D eigenvalue weighted by Gasteiger charge is -2.23. The highest BCUT2D eigenvalue weighted by Gasteiger charge is 2.44. The highest BCUT2D eigenvalue weighted by atomic mass is 16.2. The van der Waals surface area contributed by atoms with E-state index in [1.807, 2.05) is 0 Å². The van der Waals surface area contributed by atoms with Crippen LogP contribution in [0.2, 0.25) is 0 Å². The lowest BCUT2D eigenvalue weighted by Crippen LogP contribution is -2.47. The Hall–Kier alpha value is -2.04. The van der Waals surface area contributed by atoms with Gasteiger partial charge in [-0.1, -0.05) is 49.6 Å². The van der Waals surface area contributed by atoms with Crippen molar-refractivity contribution >= 4 is 11.9 Å². The van der Waals surface area contributed by atoms with E-state index in [9.17, 15) is 4.79 Å². The number of carbonyl (C=O) groups is 1. The number of benzene rings is 1. The summed E-state index contributed by atoms with van der Waals surface area (Å²) in [6.07, 6.45) is 8.36. The lowest BCUT2D eigenvalue weighted by molar-refractivity contribution is -0.120. The molecule has 25 heavy (non-hydrogen) atoms. The van der Waals surface area contributed by atoms with Gasteiger partial charge in [0.2, 0.25) is 5.91 Å². The summed E-state index contributed by atoms with van der Waals surface area (Å²) >= 11 is 0. The van der Waals surface area contributed by atoms with Gasteiger partial charge < -0.3 is 16.0 Å². The van der Waals surface area contributed by atoms with Crippen molar-refractivity contribution < 1.29 is 4.79 Å². The molecule has 1 aromatic carbocycles. The van der Waals surface area contributed by atoms with Gasteiger partial charge >= 0.3 is 0 Å². The van der Waals surface area contributed by atoms with E-state index in [4.69, 9.17) is 0 Å². The molecular formula is C20H30N4O. The summed E-state index contributed by atoms with van der Waals surface area (Å²) in [4.78, 5) is 16.4. The van der Waals surface area contributed by atoms with E-state index in [0.717, 1.165) is 19.4 Å². The second-order valence-electron chi connectivity index (χ2n) is 7.33. The minimum atomic E-state index is 0.0547. The predicted molar refractivity (Wildman–Crippen MR) is 102 cm³/mol. The number of carbonyl (C=O) groups excluding carboxylic acids is 1. The SMILES string of the molecule is CN=C(NCC(=O)NC1CCCCC1)NCC1(c2ccccc2)CC1. The Kier molecular flexibility index (Phi) is 5.95. The van der Waals surface area contributed by atoms with Gasteiger partial charge in [-0.3, -0.25) is 9.79 Å². The van der Waals surface area contributed by atoms with Crippen LogP contribution in [0.1, 0.15) is 50.5 Å². The van der Waals surface area contributed by atoms with Crippen LogP contribution in [-0.2, 0) is 10.2 Å². The summed E-state index contributed by atoms with van der Waals surface area (Å²) in [7, 11) is 1.75. The fourth-order valence-corrected chi connectivity index (χ4v) is 3.67. The Labute approximate surface area is 150 Å². The molecule has 0 aromatic heterocycles. The Balaban J connectivity index is 1.42. The van der Waals surface area contributed by atoms with E-state index in [1.165, 1.54) is 37.7 Å². The summed E-state index contributed by atoms with van der Waals surface area (Å²) in [6.45, 7) is 1.12. The number of hydrogen-bond acceptors (Lipinski definition) is 2. The molecule has 2 fully saturated rings. The minimum Gasteiger partial charge on any atom is -0.356 e. The Morgan fingerprint density at radius 1 is 1.12 bits per heavy atom. The molecule has 0 unspecified atom stereocenters. The first-order valence-electron chi connectivity index (χ1n) is 9.51. The molecule has 0 atom stereocenters. The first kappa shape index (κ1) is 17.8. The number of aliphatic imine (C=N–C) groups is 1. The molecule has 0 bridgehead atoms. The smallest absolute Gasteiger partial charge is 0.239 e. The molecule has 2 saturated carbocycles. The molecule has 0 heterocycles. The molecule has 5 nitrogen and oxygen atoms in total. The quantitative estimate of drug-likeness (QED) is 0.549. The molecule has 0 aliphatic heterocycles. The molecule has 2 aliphatic carbocycles. The average molecular weight is 342 g/mol. The lowest BCUT2D eigenvalue weighted by atomic mass is 9.95. The first-order valence-corrected chi connectivity index (χ1v) is 9.51. The second-order valence-corrected chi connectivity index (χ2v) is 7.33. The molecule has 3 N–H and O–H groups in total. The van der Waals surface area contributed by atoms with Gasteiger partial charge in [-0.15, -0.1) is 0 Å². The summed E-state index contributed by atoms with van der Waals surface area (Å²) < 4.78 is 0. The number of amides is 1. The van der Waals surface area contributed by atoms with Crippen molar-refractivity contribution in [2.75, 3.05) is 20.1 Å². The number of guanidine groups is 1. The van der Waals surface area contributed by atoms with Gasteiger partial charge in [0.1, 0.15) is 0 Å². The van der Waals surface area contributed by atoms with Gasteiger partial charge in [-0.05, 0) is 31.2 Å². The van der Waals surface area contributed by atoms with Gasteiger partial charge in [-0.25, -0.2) is 0 Å². The van der Waals surface area contributed by atoms with Crippen LogP contribution in [0, 0.1) is 0 Å². The molecule has 1 amide bonds. The van der Waals surface area contributed by atoms with Crippen molar-refractivity contribution in [2.24, 2.45) is 4.99 Å². The molecule has 3 rings (SSSR count). The highest BCUT2D eigenvalue weighted by Crippen LogP contribution is 2.47. The van der Waals surface area contributed by atoms with E-state index < -0.39 is 0 Å². The zero-order valence-corrected chi connectivity index (χ0v) is 15.2. The summed E-state index contributed by atoms with van der Waals surface area (Å²) in [5.41, 5.74) is 1.61. The van der Waals surface area contributed by atoms with E-state index in [1.54, 1.807) is 7.05 Å². The van der Waals surface area contributed by atoms with Crippen LogP contribution in [0.3, 0.4) is 0 Å². The molecule has 5 heteroatoms. The van der Waals surface area contributed by atoms with Crippen LogP contribution in [0.4, 0.5) is 0 Å². The monoisotopic (exact) mass is 342 g/mol. The van der Waals surface area contributed by atoms with Crippen molar-refractivity contribution in [3.8, 4) is 0 Å². The van der Waals surface area contributed by atoms with Gasteiger partial charge in [0, 0.05) is 25.0 Å². The van der Waals surface area contributed by atoms with Gasteiger partial charge in [0.15, 0.2) is 5.96 Å². The highest BCUT2D eigenvalue weighted by molar-refractivity contribution is 5.86. The van der Waals surface area contributed by atoms with Gasteiger partial charge in [-0.2, -0.15) is 0 Å². The summed E-state index contributed by atoms with van der Waals surface area (Å²) in [5, 5.41) is 9.65. The average Bonchev–Trinajstić information content (AvgIpc) is 3.45. The van der Waals surface area contributed by atoms with E-state index in [0.29, 0.717) is 12.0 Å². The Bertz CT molecular complexity index is 589. The largest absolute Gasteiger partial charge is 0.356 e. The van der Waals surface area contributed by atoms with Crippen LogP contribution in [0.25, 0.3) is 0 Å². The van der Waals surface area contributed by atoms with Crippen LogP contribution >= 0.6 is 0 Å². The number of nitrogens with zero attached hydrogens (tertiary/aromatic N) is 1. The predicted octanol–water partition coefficient (Wildman–Crippen LogP) is 2.33. The van der Waals surface area contributed by atoms with Crippen molar-refractivity contribution in [1.29, 1.82) is 0 Å². The topological polar surface area (TPSA) is 65.5 Å². The van der Waals surface area contributed by atoms with Gasteiger partial charge in [0.25, 0.3) is 0 Å². The number of hydrogen-bond donors (Lipinski definition) is 3. The molecule has 1 aromatic rings. The maximum absolute atomic E-state index is 12.1. The standard InChI is InChI=1S/C20H30N4O/c1-21-19(22-14-18(25)24-17-10-6-3-7-11-17)23-15-20(12-13-20)16-8-4-2-5-9-16/h2,4-5,8-9,17H,3,6-7,10-15H2,1H3,(H,24,25)(H2,21,22,23). The van der Waals surface area contributed by atoms with Crippen molar-refractivity contribution in [3.05, 3.63) is 35.9 Å². The second kappa shape index (κ2) is 8.37. The fraction of sp³-hybridized carbons (Fsp3) is 0.600. The van der Waals surface area contributed by atoms with Crippen LogP contribution < -0.4 is 16.0 Å². The van der Waals surface area contributed by atoms with Crippen LogP contribution in [0.15, 0.2) is 35.3 Å². The number of rotatable bonds is 6. The maximum atomic E-state index is 12.1. The van der Waals surface area contributed by atoms with Gasteiger partial charge in [0.05, 0.1) is 6.54 Å². The van der Waals surface area contributed by atoms with Crippen LogP contribution in [0.5, 0.6) is 0 Å². The van der Waals surface area contributed by atoms with Crippen LogP contribution in [-0.4, -0.2) is 38.0 Å². The Morgan fingerprint density at radius 2 is 1.84 bits per heavy atom. The molecule has 0 spiro atoms. The van der Waals surface area contributed by atoms with E-state index >= 15 is 0 Å². The van der Waals surface area contributed by atoms with Crippen molar-refractivity contribution in [2.45, 2.75) is 56.4 Å². The third-order valence-electron chi connectivity index (χ3n) is 5.44. The van der Waals surface area contributed by atoms with E-state index in [-0.39, 0.29) is 17.9 Å². The zero-order chi connectivity index (χ0) is 17.5. The Morgan fingerprint density at radius 3 is 2.48 bits per heavy atom.